The fraction of sp³-hybridized carbons (Fsp3) is 0.417. The van der Waals surface area contributed by atoms with Crippen LogP contribution in [0.15, 0.2) is 18.2 Å². The largest absolute Gasteiger partial charge is 0.446 e. The Morgan fingerprint density at radius 1 is 1.45 bits per heavy atom. The minimum Gasteiger partial charge on any atom is -0.446 e. The first kappa shape index (κ1) is 14.4. The number of nitrogens with zero attached hydrogens (tertiary/aromatic N) is 2. The lowest BCUT2D eigenvalue weighted by atomic mass is 10.1. The van der Waals surface area contributed by atoms with E-state index in [0.29, 0.717) is 36.6 Å². The molecule has 0 bridgehead atoms. The molecule has 2 rings (SSSR count). The van der Waals surface area contributed by atoms with Crippen LogP contribution in [0.4, 0.5) is 16.2 Å². The summed E-state index contributed by atoms with van der Waals surface area (Å²) in [6.45, 7) is 1.03. The lowest BCUT2D eigenvalue weighted by Gasteiger charge is -2.33. The van der Waals surface area contributed by atoms with Gasteiger partial charge in [-0.25, -0.2) is 4.79 Å². The Morgan fingerprint density at radius 2 is 2.10 bits per heavy atom. The maximum absolute atomic E-state index is 11.1. The number of halogens is 1. The molecule has 1 aromatic carbocycles. The van der Waals surface area contributed by atoms with Crippen molar-refractivity contribution in [1.29, 1.82) is 0 Å². The molecule has 7 nitrogen and oxygen atoms in total. The highest BCUT2D eigenvalue weighted by molar-refractivity contribution is 6.33. The number of rotatable bonds is 3. The summed E-state index contributed by atoms with van der Waals surface area (Å²) in [5.74, 6) is 0. The van der Waals surface area contributed by atoms with Gasteiger partial charge in [0, 0.05) is 32.0 Å². The summed E-state index contributed by atoms with van der Waals surface area (Å²) in [5, 5.41) is 11.4. The lowest BCUT2D eigenvalue weighted by Crippen LogP contribution is -2.39. The number of hydrogen-bond acceptors (Lipinski definition) is 5. The minimum atomic E-state index is -0.799. The zero-order valence-electron chi connectivity index (χ0n) is 10.6. The smallest absolute Gasteiger partial charge is 0.404 e. The molecule has 8 heteroatoms. The predicted octanol–water partition coefficient (Wildman–Crippen LogP) is 2.31. The number of ether oxygens (including phenoxy) is 1. The Kier molecular flexibility index (Phi) is 4.29. The fourth-order valence-electron chi connectivity index (χ4n) is 2.33. The number of nitro groups is 1. The highest BCUT2D eigenvalue weighted by atomic mass is 35.5. The normalized spacial score (nSPS) is 15.9. The molecule has 1 saturated heterocycles. The molecule has 0 radical (unpaired) electrons. The molecular weight excluding hydrogens is 286 g/mol. The lowest BCUT2D eigenvalue weighted by molar-refractivity contribution is -0.384. The highest BCUT2D eigenvalue weighted by Gasteiger charge is 2.27. The van der Waals surface area contributed by atoms with Crippen LogP contribution in [0.1, 0.15) is 12.8 Å². The Labute approximate surface area is 120 Å². The molecule has 1 aromatic rings. The van der Waals surface area contributed by atoms with E-state index in [-0.39, 0.29) is 11.8 Å². The van der Waals surface area contributed by atoms with Gasteiger partial charge in [-0.1, -0.05) is 17.7 Å². The van der Waals surface area contributed by atoms with E-state index in [0.717, 1.165) is 0 Å². The molecule has 1 fully saturated rings. The molecule has 0 aliphatic carbocycles. The summed E-state index contributed by atoms with van der Waals surface area (Å²) in [6, 6.07) is 4.59. The monoisotopic (exact) mass is 299 g/mol. The van der Waals surface area contributed by atoms with E-state index in [9.17, 15) is 14.9 Å². The zero-order chi connectivity index (χ0) is 14.7. The highest BCUT2D eigenvalue weighted by Crippen LogP contribution is 2.36. The number of para-hydroxylation sites is 1. The average molecular weight is 300 g/mol. The van der Waals surface area contributed by atoms with Crippen LogP contribution in [-0.4, -0.2) is 30.2 Å². The maximum Gasteiger partial charge on any atom is 0.404 e. The Balaban J connectivity index is 2.14. The van der Waals surface area contributed by atoms with E-state index in [2.05, 4.69) is 0 Å². The van der Waals surface area contributed by atoms with Crippen molar-refractivity contribution in [3.05, 3.63) is 33.3 Å². The zero-order valence-corrected chi connectivity index (χ0v) is 11.4. The number of carbonyl (C=O) groups is 1. The van der Waals surface area contributed by atoms with Gasteiger partial charge in [0.1, 0.15) is 11.8 Å². The predicted molar refractivity (Wildman–Crippen MR) is 74.0 cm³/mol. The third-order valence-electron chi connectivity index (χ3n) is 3.20. The number of primary amides is 1. The number of anilines is 1. The van der Waals surface area contributed by atoms with Crippen LogP contribution >= 0.6 is 11.6 Å². The summed E-state index contributed by atoms with van der Waals surface area (Å²) < 4.78 is 4.93. The Bertz CT molecular complexity index is 529. The van der Waals surface area contributed by atoms with E-state index in [1.807, 2.05) is 4.90 Å². The third-order valence-corrected chi connectivity index (χ3v) is 3.51. The van der Waals surface area contributed by atoms with Crippen LogP contribution in [0.25, 0.3) is 0 Å². The minimum absolute atomic E-state index is 0.0215. The molecule has 2 N–H and O–H groups in total. The molecule has 1 aliphatic rings. The number of hydrogen-bond donors (Lipinski definition) is 1. The number of piperidine rings is 1. The van der Waals surface area contributed by atoms with Gasteiger partial charge in [0.25, 0.3) is 5.69 Å². The van der Waals surface area contributed by atoms with Crippen molar-refractivity contribution in [2.75, 3.05) is 18.0 Å². The first-order valence-electron chi connectivity index (χ1n) is 6.13. The van der Waals surface area contributed by atoms with Gasteiger partial charge >= 0.3 is 6.09 Å². The van der Waals surface area contributed by atoms with E-state index in [1.165, 1.54) is 6.07 Å². The second-order valence-electron chi connectivity index (χ2n) is 4.49. The first-order valence-corrected chi connectivity index (χ1v) is 6.50. The van der Waals surface area contributed by atoms with Crippen LogP contribution in [0.2, 0.25) is 5.02 Å². The summed E-state index contributed by atoms with van der Waals surface area (Å²) in [5.41, 5.74) is 5.36. The molecule has 0 saturated carbocycles. The van der Waals surface area contributed by atoms with Crippen LogP contribution in [-0.2, 0) is 4.74 Å². The van der Waals surface area contributed by atoms with Crippen molar-refractivity contribution >= 4 is 29.1 Å². The first-order chi connectivity index (χ1) is 9.49. The van der Waals surface area contributed by atoms with Crippen molar-refractivity contribution in [3.8, 4) is 0 Å². The molecule has 1 aliphatic heterocycles. The second kappa shape index (κ2) is 5.96. The van der Waals surface area contributed by atoms with Gasteiger partial charge in [0.15, 0.2) is 0 Å². The molecule has 0 aromatic heterocycles. The van der Waals surface area contributed by atoms with Crippen molar-refractivity contribution in [2.24, 2.45) is 5.73 Å². The quantitative estimate of drug-likeness (QED) is 0.682. The van der Waals surface area contributed by atoms with Crippen molar-refractivity contribution < 1.29 is 14.5 Å². The number of nitro benzene ring substituents is 1. The van der Waals surface area contributed by atoms with Gasteiger partial charge < -0.3 is 15.4 Å². The van der Waals surface area contributed by atoms with Crippen LogP contribution in [0, 0.1) is 10.1 Å². The SMILES string of the molecule is NC(=O)OC1CCN(c2c(Cl)cccc2[N+](=O)[O-])CC1. The summed E-state index contributed by atoms with van der Waals surface area (Å²) in [7, 11) is 0. The van der Waals surface area contributed by atoms with Gasteiger partial charge in [-0.05, 0) is 6.07 Å². The number of nitrogens with two attached hydrogens (primary N) is 1. The molecule has 1 amide bonds. The second-order valence-corrected chi connectivity index (χ2v) is 4.90. The molecule has 108 valence electrons. The third kappa shape index (κ3) is 3.11. The summed E-state index contributed by atoms with van der Waals surface area (Å²) in [6.07, 6.45) is 0.0777. The topological polar surface area (TPSA) is 98.7 Å². The Morgan fingerprint density at radius 3 is 2.65 bits per heavy atom. The van der Waals surface area contributed by atoms with Crippen LogP contribution in [0.5, 0.6) is 0 Å². The summed E-state index contributed by atoms with van der Waals surface area (Å²) in [4.78, 5) is 23.1. The molecule has 0 spiro atoms. The number of carbonyl (C=O) groups excluding carboxylic acids is 1. The van der Waals surface area contributed by atoms with E-state index in [1.54, 1.807) is 12.1 Å². The van der Waals surface area contributed by atoms with Crippen molar-refractivity contribution in [3.63, 3.8) is 0 Å². The molecule has 1 heterocycles. The Hall–Kier alpha value is -2.02. The van der Waals surface area contributed by atoms with Crippen molar-refractivity contribution in [2.45, 2.75) is 18.9 Å². The van der Waals surface area contributed by atoms with Gasteiger partial charge in [-0.15, -0.1) is 0 Å². The fourth-order valence-corrected chi connectivity index (χ4v) is 2.61. The molecule has 0 unspecified atom stereocenters. The maximum atomic E-state index is 11.1. The van der Waals surface area contributed by atoms with Gasteiger partial charge in [-0.2, -0.15) is 0 Å². The average Bonchev–Trinajstić information content (AvgIpc) is 2.39. The van der Waals surface area contributed by atoms with Gasteiger partial charge in [-0.3, -0.25) is 10.1 Å². The standard InChI is InChI=1S/C12H14ClN3O4/c13-9-2-1-3-10(16(18)19)11(9)15-6-4-8(5-7-15)20-12(14)17/h1-3,8H,4-7H2,(H2,14,17). The summed E-state index contributed by atoms with van der Waals surface area (Å²) >= 11 is 6.08. The van der Waals surface area contributed by atoms with E-state index >= 15 is 0 Å². The number of amides is 1. The van der Waals surface area contributed by atoms with Gasteiger partial charge in [0.2, 0.25) is 0 Å². The van der Waals surface area contributed by atoms with E-state index in [4.69, 9.17) is 22.1 Å². The van der Waals surface area contributed by atoms with Crippen LogP contribution < -0.4 is 10.6 Å². The molecular formula is C12H14ClN3O4. The van der Waals surface area contributed by atoms with Crippen molar-refractivity contribution in [1.82, 2.24) is 0 Å². The molecule has 20 heavy (non-hydrogen) atoms. The van der Waals surface area contributed by atoms with E-state index < -0.39 is 11.0 Å². The molecule has 0 atom stereocenters. The van der Waals surface area contributed by atoms with Crippen LogP contribution in [0.3, 0.4) is 0 Å². The number of benzene rings is 1. The van der Waals surface area contributed by atoms with Gasteiger partial charge in [0.05, 0.1) is 9.95 Å².